The molecule has 0 spiro atoms. The Labute approximate surface area is 162 Å². The summed E-state index contributed by atoms with van der Waals surface area (Å²) in [4.78, 5) is 0. The molecule has 0 amide bonds. The number of ether oxygens (including phenoxy) is 1. The van der Waals surface area contributed by atoms with Crippen molar-refractivity contribution in [3.63, 3.8) is 0 Å². The molecule has 1 N–H and O–H groups in total. The van der Waals surface area contributed by atoms with Gasteiger partial charge in [0.2, 0.25) is 0 Å². The molecule has 1 rings (SSSR count). The Morgan fingerprint density at radius 1 is 0.654 bits per heavy atom. The Kier molecular flexibility index (Phi) is 15.2. The topological polar surface area (TPSA) is 29.5 Å². The first-order chi connectivity index (χ1) is 12.8. The van der Waals surface area contributed by atoms with Crippen molar-refractivity contribution in [3.05, 3.63) is 24.3 Å². The average molecular weight is 363 g/mol. The van der Waals surface area contributed by atoms with E-state index in [4.69, 9.17) is 4.74 Å². The zero-order valence-corrected chi connectivity index (χ0v) is 17.2. The first-order valence-corrected chi connectivity index (χ1v) is 11.2. The summed E-state index contributed by atoms with van der Waals surface area (Å²) in [6.45, 7) is 3.04. The van der Waals surface area contributed by atoms with Crippen molar-refractivity contribution >= 4 is 0 Å². The van der Waals surface area contributed by atoms with Gasteiger partial charge in [-0.15, -0.1) is 0 Å². The summed E-state index contributed by atoms with van der Waals surface area (Å²) in [7, 11) is 0. The van der Waals surface area contributed by atoms with Crippen LogP contribution in [-0.2, 0) is 0 Å². The molecular weight excluding hydrogens is 320 g/mol. The van der Waals surface area contributed by atoms with Gasteiger partial charge in [-0.3, -0.25) is 0 Å². The first kappa shape index (κ1) is 22.9. The highest BCUT2D eigenvalue weighted by atomic mass is 16.5. The lowest BCUT2D eigenvalue weighted by Gasteiger charge is -2.06. The third-order valence-electron chi connectivity index (χ3n) is 5.08. The predicted octanol–water partition coefficient (Wildman–Crippen LogP) is 8.03. The molecule has 1 aromatic rings. The van der Waals surface area contributed by atoms with Gasteiger partial charge in [-0.2, -0.15) is 0 Å². The fraction of sp³-hybridized carbons (Fsp3) is 0.750. The molecule has 0 aliphatic rings. The predicted molar refractivity (Wildman–Crippen MR) is 113 cm³/mol. The van der Waals surface area contributed by atoms with Crippen molar-refractivity contribution in [1.29, 1.82) is 0 Å². The van der Waals surface area contributed by atoms with E-state index in [0.717, 1.165) is 18.8 Å². The highest BCUT2D eigenvalue weighted by molar-refractivity contribution is 5.31. The van der Waals surface area contributed by atoms with E-state index in [1.54, 1.807) is 12.1 Å². The van der Waals surface area contributed by atoms with E-state index in [9.17, 15) is 5.11 Å². The van der Waals surface area contributed by atoms with E-state index >= 15 is 0 Å². The smallest absolute Gasteiger partial charge is 0.122 e. The Bertz CT molecular complexity index is 416. The standard InChI is InChI=1S/C24H42O2/c1-2-3-4-5-6-7-8-9-10-11-12-13-14-15-16-17-21-26-24-20-18-19-23(25)22-24/h18-20,22,25H,2-17,21H2,1H3. The van der Waals surface area contributed by atoms with Crippen LogP contribution in [0.25, 0.3) is 0 Å². The minimum Gasteiger partial charge on any atom is -0.508 e. The molecule has 0 aliphatic heterocycles. The molecule has 0 heterocycles. The largest absolute Gasteiger partial charge is 0.508 e. The van der Waals surface area contributed by atoms with Crippen LogP contribution in [-0.4, -0.2) is 11.7 Å². The molecule has 0 radical (unpaired) electrons. The van der Waals surface area contributed by atoms with Crippen LogP contribution in [0, 0.1) is 0 Å². The van der Waals surface area contributed by atoms with Crippen molar-refractivity contribution in [2.45, 2.75) is 110 Å². The van der Waals surface area contributed by atoms with Crippen LogP contribution in [0.1, 0.15) is 110 Å². The minimum absolute atomic E-state index is 0.273. The lowest BCUT2D eigenvalue weighted by atomic mass is 10.0. The van der Waals surface area contributed by atoms with Gasteiger partial charge >= 0.3 is 0 Å². The molecule has 2 heteroatoms. The maximum absolute atomic E-state index is 9.38. The van der Waals surface area contributed by atoms with E-state index in [0.29, 0.717) is 0 Å². The summed E-state index contributed by atoms with van der Waals surface area (Å²) >= 11 is 0. The third-order valence-corrected chi connectivity index (χ3v) is 5.08. The average Bonchev–Trinajstić information content (AvgIpc) is 2.64. The summed E-state index contributed by atoms with van der Waals surface area (Å²) in [6.07, 6.45) is 22.2. The summed E-state index contributed by atoms with van der Waals surface area (Å²) in [5, 5.41) is 9.38. The van der Waals surface area contributed by atoms with Crippen LogP contribution in [0.15, 0.2) is 24.3 Å². The van der Waals surface area contributed by atoms with E-state index in [2.05, 4.69) is 6.92 Å². The minimum atomic E-state index is 0.273. The highest BCUT2D eigenvalue weighted by Gasteiger charge is 1.97. The second-order valence-corrected chi connectivity index (χ2v) is 7.65. The zero-order valence-electron chi connectivity index (χ0n) is 17.2. The molecule has 26 heavy (non-hydrogen) atoms. The first-order valence-electron chi connectivity index (χ1n) is 11.2. The molecule has 1 aromatic carbocycles. The second kappa shape index (κ2) is 17.2. The SMILES string of the molecule is CCCCCCCCCCCCCCCCCCOc1cccc(O)c1. The fourth-order valence-electron chi connectivity index (χ4n) is 3.41. The molecule has 150 valence electrons. The Morgan fingerprint density at radius 2 is 1.12 bits per heavy atom. The highest BCUT2D eigenvalue weighted by Crippen LogP contribution is 2.18. The monoisotopic (exact) mass is 362 g/mol. The maximum Gasteiger partial charge on any atom is 0.122 e. The van der Waals surface area contributed by atoms with Gasteiger partial charge in [0.25, 0.3) is 0 Å². The lowest BCUT2D eigenvalue weighted by Crippen LogP contribution is -1.97. The van der Waals surface area contributed by atoms with Gasteiger partial charge in [-0.05, 0) is 18.6 Å². The van der Waals surface area contributed by atoms with Crippen LogP contribution in [0.2, 0.25) is 0 Å². The molecule has 0 aromatic heterocycles. The van der Waals surface area contributed by atoms with Crippen molar-refractivity contribution < 1.29 is 9.84 Å². The number of benzene rings is 1. The Balaban J connectivity index is 1.73. The number of phenolic OH excluding ortho intramolecular Hbond substituents is 1. The van der Waals surface area contributed by atoms with Crippen molar-refractivity contribution in [1.82, 2.24) is 0 Å². The summed E-state index contributed by atoms with van der Waals surface area (Å²) < 4.78 is 5.65. The summed E-state index contributed by atoms with van der Waals surface area (Å²) in [6, 6.07) is 7.05. The molecule has 2 nitrogen and oxygen atoms in total. The van der Waals surface area contributed by atoms with Gasteiger partial charge < -0.3 is 9.84 Å². The number of hydrogen-bond donors (Lipinski definition) is 1. The molecule has 0 fully saturated rings. The van der Waals surface area contributed by atoms with E-state index in [-0.39, 0.29) is 5.75 Å². The number of aromatic hydroxyl groups is 1. The van der Waals surface area contributed by atoms with Gasteiger partial charge in [0, 0.05) is 6.07 Å². The molecular formula is C24H42O2. The third kappa shape index (κ3) is 14.0. The van der Waals surface area contributed by atoms with Crippen molar-refractivity contribution in [3.8, 4) is 11.5 Å². The quantitative estimate of drug-likeness (QED) is 0.268. The van der Waals surface area contributed by atoms with Crippen LogP contribution in [0.5, 0.6) is 11.5 Å². The van der Waals surface area contributed by atoms with Crippen LogP contribution in [0.3, 0.4) is 0 Å². The molecule has 0 bridgehead atoms. The van der Waals surface area contributed by atoms with Crippen molar-refractivity contribution in [2.24, 2.45) is 0 Å². The zero-order chi connectivity index (χ0) is 18.7. The normalized spacial score (nSPS) is 11.0. The Morgan fingerprint density at radius 3 is 1.58 bits per heavy atom. The van der Waals surface area contributed by atoms with Gasteiger partial charge in [-0.25, -0.2) is 0 Å². The van der Waals surface area contributed by atoms with Gasteiger partial charge in [0.15, 0.2) is 0 Å². The van der Waals surface area contributed by atoms with Crippen LogP contribution in [0.4, 0.5) is 0 Å². The van der Waals surface area contributed by atoms with Crippen LogP contribution < -0.4 is 4.74 Å². The second-order valence-electron chi connectivity index (χ2n) is 7.65. The summed E-state index contributed by atoms with van der Waals surface area (Å²) in [5.41, 5.74) is 0. The number of phenols is 1. The number of hydrogen-bond acceptors (Lipinski definition) is 2. The fourth-order valence-corrected chi connectivity index (χ4v) is 3.41. The Hall–Kier alpha value is -1.18. The van der Waals surface area contributed by atoms with Gasteiger partial charge in [-0.1, -0.05) is 109 Å². The van der Waals surface area contributed by atoms with Gasteiger partial charge in [0.05, 0.1) is 6.61 Å². The number of unbranched alkanes of at least 4 members (excludes halogenated alkanes) is 15. The molecule has 0 saturated heterocycles. The molecule has 0 saturated carbocycles. The maximum atomic E-state index is 9.38. The van der Waals surface area contributed by atoms with E-state index in [1.807, 2.05) is 12.1 Å². The van der Waals surface area contributed by atoms with E-state index < -0.39 is 0 Å². The summed E-state index contributed by atoms with van der Waals surface area (Å²) in [5.74, 6) is 1.04. The van der Waals surface area contributed by atoms with Gasteiger partial charge in [0.1, 0.15) is 11.5 Å². The molecule has 0 atom stereocenters. The van der Waals surface area contributed by atoms with Crippen LogP contribution >= 0.6 is 0 Å². The molecule has 0 unspecified atom stereocenters. The molecule has 0 aliphatic carbocycles. The number of rotatable bonds is 18. The van der Waals surface area contributed by atoms with Crippen molar-refractivity contribution in [2.75, 3.05) is 6.61 Å². The lowest BCUT2D eigenvalue weighted by molar-refractivity contribution is 0.302. The van der Waals surface area contributed by atoms with E-state index in [1.165, 1.54) is 96.3 Å².